The Morgan fingerprint density at radius 3 is 2.34 bits per heavy atom. The lowest BCUT2D eigenvalue weighted by molar-refractivity contribution is -0.132. The average molecular weight is 510 g/mol. The summed E-state index contributed by atoms with van der Waals surface area (Å²) in [6, 6.07) is 18.3. The molecule has 3 aromatic rings. The van der Waals surface area contributed by atoms with E-state index >= 15 is 0 Å². The fraction of sp³-hybridized carbons (Fsp3) is 0.214. The molecule has 1 heterocycles. The number of hydrogen-bond donors (Lipinski definition) is 1. The van der Waals surface area contributed by atoms with Crippen molar-refractivity contribution in [1.29, 1.82) is 0 Å². The summed E-state index contributed by atoms with van der Waals surface area (Å²) in [5.41, 5.74) is 2.42. The minimum absolute atomic E-state index is 0.0225. The molecular weight excluding hydrogens is 485 g/mol. The summed E-state index contributed by atoms with van der Waals surface area (Å²) in [4.78, 5) is 28.0. The fourth-order valence-electron chi connectivity index (χ4n) is 4.00. The molecule has 3 aromatic carbocycles. The van der Waals surface area contributed by atoms with Gasteiger partial charge in [0, 0.05) is 11.3 Å². The van der Waals surface area contributed by atoms with E-state index < -0.39 is 17.7 Å². The van der Waals surface area contributed by atoms with E-state index in [1.165, 1.54) is 17.0 Å². The zero-order chi connectivity index (χ0) is 25.3. The van der Waals surface area contributed by atoms with E-state index in [0.717, 1.165) is 5.56 Å². The number of carbonyl (C=O) groups excluding carboxylic acids is 2. The number of halogens is 2. The van der Waals surface area contributed by atoms with Crippen LogP contribution in [0, 0.1) is 12.8 Å². The standard InChI is InChI=1S/C28H25Cl2NO4/c1-16(2)15-35-21-10-7-18(8-11-21)25-24(26(32)19-9-12-22(29)23(30)14-19)27(33)28(34)31(25)20-6-4-5-17(3)13-20/h4-14,16,25,32H,15H2,1-3H3/b26-24-. The number of nitrogens with zero attached hydrogens (tertiary/aromatic N) is 1. The Kier molecular flexibility index (Phi) is 7.20. The third-order valence-corrected chi connectivity index (χ3v) is 6.44. The summed E-state index contributed by atoms with van der Waals surface area (Å²) in [6.45, 7) is 6.60. The van der Waals surface area contributed by atoms with Gasteiger partial charge in [-0.1, -0.05) is 61.3 Å². The van der Waals surface area contributed by atoms with Gasteiger partial charge in [-0.05, 0) is 66.4 Å². The van der Waals surface area contributed by atoms with E-state index in [2.05, 4.69) is 13.8 Å². The van der Waals surface area contributed by atoms with Gasteiger partial charge in [-0.2, -0.15) is 0 Å². The Labute approximate surface area is 214 Å². The lowest BCUT2D eigenvalue weighted by atomic mass is 9.95. The van der Waals surface area contributed by atoms with Crippen LogP contribution in [0.4, 0.5) is 5.69 Å². The zero-order valence-corrected chi connectivity index (χ0v) is 21.1. The third-order valence-electron chi connectivity index (χ3n) is 5.70. The number of rotatable bonds is 6. The average Bonchev–Trinajstić information content (AvgIpc) is 3.09. The van der Waals surface area contributed by atoms with Crippen molar-refractivity contribution >= 4 is 46.3 Å². The van der Waals surface area contributed by atoms with Gasteiger partial charge >= 0.3 is 0 Å². The van der Waals surface area contributed by atoms with E-state index in [1.807, 2.05) is 25.1 Å². The van der Waals surface area contributed by atoms with E-state index in [0.29, 0.717) is 40.1 Å². The Bertz CT molecular complexity index is 1310. The number of Topliss-reactive ketones (excluding diaryl/α,β-unsaturated/α-hetero) is 1. The van der Waals surface area contributed by atoms with Gasteiger partial charge < -0.3 is 9.84 Å². The second-order valence-electron chi connectivity index (χ2n) is 8.91. The maximum atomic E-state index is 13.3. The Hall–Kier alpha value is -3.28. The van der Waals surface area contributed by atoms with Crippen LogP contribution < -0.4 is 9.64 Å². The number of ketones is 1. The smallest absolute Gasteiger partial charge is 0.300 e. The molecule has 0 saturated carbocycles. The summed E-state index contributed by atoms with van der Waals surface area (Å²) < 4.78 is 5.79. The monoisotopic (exact) mass is 509 g/mol. The highest BCUT2D eigenvalue weighted by Gasteiger charge is 2.47. The second-order valence-corrected chi connectivity index (χ2v) is 9.73. The number of aryl methyl sites for hydroxylation is 1. The molecule has 0 spiro atoms. The second kappa shape index (κ2) is 10.1. The first-order valence-corrected chi connectivity index (χ1v) is 12.0. The Morgan fingerprint density at radius 1 is 1.00 bits per heavy atom. The Morgan fingerprint density at radius 2 is 1.71 bits per heavy atom. The normalized spacial score (nSPS) is 17.3. The molecule has 0 aromatic heterocycles. The van der Waals surface area contributed by atoms with E-state index in [-0.39, 0.29) is 16.4 Å². The Balaban J connectivity index is 1.86. The number of aliphatic hydroxyl groups excluding tert-OH is 1. The molecule has 1 atom stereocenters. The first kappa shape index (κ1) is 24.8. The quantitative estimate of drug-likeness (QED) is 0.221. The van der Waals surface area contributed by atoms with E-state index in [1.54, 1.807) is 36.4 Å². The number of benzene rings is 3. The van der Waals surface area contributed by atoms with Crippen LogP contribution in [0.3, 0.4) is 0 Å². The molecule has 0 aliphatic carbocycles. The maximum Gasteiger partial charge on any atom is 0.300 e. The molecule has 0 bridgehead atoms. The van der Waals surface area contributed by atoms with Crippen molar-refractivity contribution in [2.45, 2.75) is 26.8 Å². The predicted octanol–water partition coefficient (Wildman–Crippen LogP) is 6.96. The lowest BCUT2D eigenvalue weighted by Crippen LogP contribution is -2.29. The molecule has 1 amide bonds. The van der Waals surface area contributed by atoms with Crippen LogP contribution in [0.2, 0.25) is 10.0 Å². The van der Waals surface area contributed by atoms with Gasteiger partial charge in [0.1, 0.15) is 11.5 Å². The minimum atomic E-state index is -0.842. The molecule has 0 radical (unpaired) electrons. The van der Waals surface area contributed by atoms with Crippen molar-refractivity contribution < 1.29 is 19.4 Å². The van der Waals surface area contributed by atoms with Gasteiger partial charge in [0.05, 0.1) is 28.3 Å². The third kappa shape index (κ3) is 5.07. The summed E-state index contributed by atoms with van der Waals surface area (Å²) in [7, 11) is 0. The van der Waals surface area contributed by atoms with Gasteiger partial charge in [0.25, 0.3) is 11.7 Å². The molecule has 1 N–H and O–H groups in total. The van der Waals surface area contributed by atoms with Crippen LogP contribution >= 0.6 is 23.2 Å². The lowest BCUT2D eigenvalue weighted by Gasteiger charge is -2.26. The number of amides is 1. The molecule has 5 nitrogen and oxygen atoms in total. The summed E-state index contributed by atoms with van der Waals surface area (Å²) in [5.74, 6) is -0.765. The van der Waals surface area contributed by atoms with Gasteiger partial charge in [0.2, 0.25) is 0 Å². The van der Waals surface area contributed by atoms with Gasteiger partial charge in [0.15, 0.2) is 0 Å². The molecule has 1 aliphatic heterocycles. The first-order chi connectivity index (χ1) is 16.7. The van der Waals surface area contributed by atoms with Gasteiger partial charge in [-0.15, -0.1) is 0 Å². The number of ether oxygens (including phenoxy) is 1. The van der Waals surface area contributed by atoms with E-state index in [9.17, 15) is 14.7 Å². The van der Waals surface area contributed by atoms with Crippen molar-refractivity contribution in [3.05, 3.63) is 99.0 Å². The molecule has 1 fully saturated rings. The van der Waals surface area contributed by atoms with Crippen LogP contribution in [-0.2, 0) is 9.59 Å². The summed E-state index contributed by atoms with van der Waals surface area (Å²) in [6.07, 6.45) is 0. The molecule has 1 aliphatic rings. The van der Waals surface area contributed by atoms with E-state index in [4.69, 9.17) is 27.9 Å². The molecule has 1 unspecified atom stereocenters. The molecule has 7 heteroatoms. The predicted molar refractivity (Wildman–Crippen MR) is 139 cm³/mol. The zero-order valence-electron chi connectivity index (χ0n) is 19.6. The molecule has 180 valence electrons. The highest BCUT2D eigenvalue weighted by molar-refractivity contribution is 6.51. The maximum absolute atomic E-state index is 13.3. The first-order valence-electron chi connectivity index (χ1n) is 11.2. The van der Waals surface area contributed by atoms with Crippen LogP contribution in [0.5, 0.6) is 5.75 Å². The summed E-state index contributed by atoms with van der Waals surface area (Å²) >= 11 is 12.2. The largest absolute Gasteiger partial charge is 0.507 e. The SMILES string of the molecule is Cc1cccc(N2C(=O)C(=O)/C(=C(\O)c3ccc(Cl)c(Cl)c3)C2c2ccc(OCC(C)C)cc2)c1. The number of carbonyl (C=O) groups is 2. The van der Waals surface area contributed by atoms with Crippen molar-refractivity contribution in [3.63, 3.8) is 0 Å². The number of anilines is 1. The number of hydrogen-bond acceptors (Lipinski definition) is 4. The topological polar surface area (TPSA) is 66.8 Å². The van der Waals surface area contributed by atoms with Crippen LogP contribution in [0.1, 0.15) is 36.6 Å². The van der Waals surface area contributed by atoms with Crippen molar-refractivity contribution in [1.82, 2.24) is 0 Å². The van der Waals surface area contributed by atoms with Crippen molar-refractivity contribution in [2.24, 2.45) is 5.92 Å². The van der Waals surface area contributed by atoms with Crippen LogP contribution in [0.25, 0.3) is 5.76 Å². The number of aliphatic hydroxyl groups is 1. The minimum Gasteiger partial charge on any atom is -0.507 e. The highest BCUT2D eigenvalue weighted by atomic mass is 35.5. The molecule has 1 saturated heterocycles. The summed E-state index contributed by atoms with van der Waals surface area (Å²) in [5, 5.41) is 11.8. The molecule has 35 heavy (non-hydrogen) atoms. The van der Waals surface area contributed by atoms with Crippen LogP contribution in [-0.4, -0.2) is 23.4 Å². The van der Waals surface area contributed by atoms with Gasteiger partial charge in [-0.3, -0.25) is 14.5 Å². The highest BCUT2D eigenvalue weighted by Crippen LogP contribution is 2.43. The molecular formula is C28H25Cl2NO4. The van der Waals surface area contributed by atoms with Gasteiger partial charge in [-0.25, -0.2) is 0 Å². The van der Waals surface area contributed by atoms with Crippen LogP contribution in [0.15, 0.2) is 72.3 Å². The van der Waals surface area contributed by atoms with Crippen molar-refractivity contribution in [3.8, 4) is 5.75 Å². The van der Waals surface area contributed by atoms with Crippen molar-refractivity contribution in [2.75, 3.05) is 11.5 Å². The fourth-order valence-corrected chi connectivity index (χ4v) is 4.30. The molecule has 4 rings (SSSR count).